The SMILES string of the molecule is Cc1ccc(C(C)NS(=O)(=O)c2cnc(Cl)s2)cc1F. The van der Waals surface area contributed by atoms with Gasteiger partial charge in [0, 0.05) is 6.04 Å². The maximum absolute atomic E-state index is 13.5. The molecule has 0 aliphatic heterocycles. The summed E-state index contributed by atoms with van der Waals surface area (Å²) in [7, 11) is -3.71. The van der Waals surface area contributed by atoms with Crippen molar-refractivity contribution in [2.24, 2.45) is 0 Å². The zero-order valence-corrected chi connectivity index (χ0v) is 13.1. The second kappa shape index (κ2) is 5.77. The van der Waals surface area contributed by atoms with Crippen LogP contribution in [-0.4, -0.2) is 13.4 Å². The summed E-state index contributed by atoms with van der Waals surface area (Å²) in [5, 5.41) is 0. The molecule has 0 saturated carbocycles. The number of nitrogens with zero attached hydrogens (tertiary/aromatic N) is 1. The van der Waals surface area contributed by atoms with E-state index in [-0.39, 0.29) is 14.5 Å². The number of sulfonamides is 1. The second-order valence-electron chi connectivity index (χ2n) is 4.28. The van der Waals surface area contributed by atoms with Crippen LogP contribution in [0, 0.1) is 12.7 Å². The average molecular weight is 335 g/mol. The molecule has 1 aromatic carbocycles. The molecule has 1 unspecified atom stereocenters. The minimum Gasteiger partial charge on any atom is -0.232 e. The fourth-order valence-corrected chi connectivity index (χ4v) is 4.14. The number of aryl methyl sites for hydroxylation is 1. The Morgan fingerprint density at radius 1 is 1.45 bits per heavy atom. The molecule has 1 N–H and O–H groups in total. The monoisotopic (exact) mass is 334 g/mol. The summed E-state index contributed by atoms with van der Waals surface area (Å²) in [5.74, 6) is -0.366. The van der Waals surface area contributed by atoms with Gasteiger partial charge < -0.3 is 0 Å². The van der Waals surface area contributed by atoms with Gasteiger partial charge in [0.05, 0.1) is 6.20 Å². The third kappa shape index (κ3) is 3.35. The van der Waals surface area contributed by atoms with Crippen LogP contribution in [0.15, 0.2) is 28.6 Å². The summed E-state index contributed by atoms with van der Waals surface area (Å²) in [4.78, 5) is 3.69. The van der Waals surface area contributed by atoms with Crippen molar-refractivity contribution < 1.29 is 12.8 Å². The largest absolute Gasteiger partial charge is 0.252 e. The molecule has 0 amide bonds. The van der Waals surface area contributed by atoms with E-state index in [2.05, 4.69) is 9.71 Å². The number of thiazole rings is 1. The molecule has 0 bridgehead atoms. The van der Waals surface area contributed by atoms with E-state index in [9.17, 15) is 12.8 Å². The molecule has 108 valence electrons. The quantitative estimate of drug-likeness (QED) is 0.933. The second-order valence-corrected chi connectivity index (χ2v) is 7.84. The summed E-state index contributed by atoms with van der Waals surface area (Å²) in [6.45, 7) is 3.29. The van der Waals surface area contributed by atoms with Gasteiger partial charge in [0.2, 0.25) is 0 Å². The number of benzene rings is 1. The van der Waals surface area contributed by atoms with Crippen molar-refractivity contribution in [1.29, 1.82) is 0 Å². The molecule has 4 nitrogen and oxygen atoms in total. The van der Waals surface area contributed by atoms with Crippen LogP contribution in [0.4, 0.5) is 4.39 Å². The molecule has 0 fully saturated rings. The van der Waals surface area contributed by atoms with Gasteiger partial charge in [-0.1, -0.05) is 35.1 Å². The first-order valence-corrected chi connectivity index (χ1v) is 8.37. The number of hydrogen-bond donors (Lipinski definition) is 1. The Bertz CT molecular complexity index is 731. The zero-order valence-electron chi connectivity index (χ0n) is 10.7. The van der Waals surface area contributed by atoms with E-state index in [1.807, 2.05) is 0 Å². The predicted molar refractivity (Wildman–Crippen MR) is 77.0 cm³/mol. The Hall–Kier alpha value is -1.02. The van der Waals surface area contributed by atoms with Crippen LogP contribution in [0.2, 0.25) is 4.47 Å². The fourth-order valence-electron chi connectivity index (χ4n) is 1.60. The van der Waals surface area contributed by atoms with Gasteiger partial charge in [-0.2, -0.15) is 0 Å². The van der Waals surface area contributed by atoms with Crippen LogP contribution in [0.5, 0.6) is 0 Å². The van der Waals surface area contributed by atoms with Crippen LogP contribution in [0.1, 0.15) is 24.1 Å². The Morgan fingerprint density at radius 3 is 2.70 bits per heavy atom. The van der Waals surface area contributed by atoms with Crippen LogP contribution in [0.3, 0.4) is 0 Å². The third-order valence-corrected chi connectivity index (χ3v) is 5.87. The Balaban J connectivity index is 2.22. The van der Waals surface area contributed by atoms with Gasteiger partial charge in [0.25, 0.3) is 10.0 Å². The van der Waals surface area contributed by atoms with Gasteiger partial charge in [-0.25, -0.2) is 22.5 Å². The normalized spacial score (nSPS) is 13.4. The molecule has 20 heavy (non-hydrogen) atoms. The number of halogens is 2. The van der Waals surface area contributed by atoms with Crippen molar-refractivity contribution in [3.63, 3.8) is 0 Å². The molecule has 1 atom stereocenters. The van der Waals surface area contributed by atoms with Crippen molar-refractivity contribution in [1.82, 2.24) is 9.71 Å². The summed E-state index contributed by atoms with van der Waals surface area (Å²) < 4.78 is 40.3. The third-order valence-electron chi connectivity index (χ3n) is 2.75. The van der Waals surface area contributed by atoms with Gasteiger partial charge in [-0.05, 0) is 31.0 Å². The lowest BCUT2D eigenvalue weighted by atomic mass is 10.1. The smallest absolute Gasteiger partial charge is 0.232 e. The van der Waals surface area contributed by atoms with Gasteiger partial charge in [-0.15, -0.1) is 0 Å². The topological polar surface area (TPSA) is 59.1 Å². The first-order valence-electron chi connectivity index (χ1n) is 5.69. The number of hydrogen-bond acceptors (Lipinski definition) is 4. The van der Waals surface area contributed by atoms with E-state index in [4.69, 9.17) is 11.6 Å². The van der Waals surface area contributed by atoms with E-state index in [1.165, 1.54) is 12.3 Å². The highest BCUT2D eigenvalue weighted by Crippen LogP contribution is 2.24. The molecular weight excluding hydrogens is 323 g/mol. The predicted octanol–water partition coefficient (Wildman–Crippen LogP) is 3.28. The van der Waals surface area contributed by atoms with Crippen molar-refractivity contribution >= 4 is 33.0 Å². The summed E-state index contributed by atoms with van der Waals surface area (Å²) in [6, 6.07) is 4.06. The molecule has 0 radical (unpaired) electrons. The molecule has 0 aliphatic rings. The first-order chi connectivity index (χ1) is 9.29. The van der Waals surface area contributed by atoms with Crippen LogP contribution < -0.4 is 4.72 Å². The van der Waals surface area contributed by atoms with E-state index in [0.29, 0.717) is 11.1 Å². The van der Waals surface area contributed by atoms with E-state index in [1.54, 1.807) is 26.0 Å². The lowest BCUT2D eigenvalue weighted by Crippen LogP contribution is -2.26. The summed E-state index contributed by atoms with van der Waals surface area (Å²) in [5.41, 5.74) is 1.06. The molecular formula is C12H12ClFN2O2S2. The maximum atomic E-state index is 13.5. The minimum absolute atomic E-state index is 0.0296. The highest BCUT2D eigenvalue weighted by atomic mass is 35.5. The molecule has 2 aromatic rings. The Kier molecular flexibility index (Phi) is 4.43. The fraction of sp³-hybridized carbons (Fsp3) is 0.250. The average Bonchev–Trinajstić information content (AvgIpc) is 2.79. The Morgan fingerprint density at radius 2 is 2.15 bits per heavy atom. The summed E-state index contributed by atoms with van der Waals surface area (Å²) >= 11 is 6.49. The molecule has 8 heteroatoms. The molecule has 0 spiro atoms. The molecule has 2 rings (SSSR count). The van der Waals surface area contributed by atoms with Crippen LogP contribution in [0.25, 0.3) is 0 Å². The summed E-state index contributed by atoms with van der Waals surface area (Å²) in [6.07, 6.45) is 1.19. The molecule has 0 aliphatic carbocycles. The van der Waals surface area contributed by atoms with Crippen molar-refractivity contribution in [2.75, 3.05) is 0 Å². The maximum Gasteiger partial charge on any atom is 0.252 e. The first kappa shape index (κ1) is 15.4. The minimum atomic E-state index is -3.71. The van der Waals surface area contributed by atoms with Gasteiger partial charge in [0.1, 0.15) is 5.82 Å². The standard InChI is InChI=1S/C12H12ClFN2O2S2/c1-7-3-4-9(5-10(7)14)8(2)16-20(17,18)11-6-15-12(13)19-11/h3-6,8,16H,1-2H3. The van der Waals surface area contributed by atoms with E-state index in [0.717, 1.165) is 11.3 Å². The number of rotatable bonds is 4. The van der Waals surface area contributed by atoms with E-state index >= 15 is 0 Å². The number of aromatic nitrogens is 1. The van der Waals surface area contributed by atoms with Crippen molar-refractivity contribution in [3.8, 4) is 0 Å². The Labute approximate surface area is 125 Å². The zero-order chi connectivity index (χ0) is 14.9. The highest BCUT2D eigenvalue weighted by Gasteiger charge is 2.21. The van der Waals surface area contributed by atoms with E-state index < -0.39 is 16.1 Å². The lowest BCUT2D eigenvalue weighted by Gasteiger charge is -2.14. The van der Waals surface area contributed by atoms with Crippen LogP contribution in [-0.2, 0) is 10.0 Å². The molecule has 0 saturated heterocycles. The highest BCUT2D eigenvalue weighted by molar-refractivity contribution is 7.91. The van der Waals surface area contributed by atoms with Gasteiger partial charge in [0.15, 0.2) is 8.68 Å². The number of nitrogens with one attached hydrogen (secondary N) is 1. The van der Waals surface area contributed by atoms with Gasteiger partial charge in [-0.3, -0.25) is 0 Å². The van der Waals surface area contributed by atoms with Gasteiger partial charge >= 0.3 is 0 Å². The molecule has 1 aromatic heterocycles. The van der Waals surface area contributed by atoms with Crippen molar-refractivity contribution in [3.05, 3.63) is 45.8 Å². The lowest BCUT2D eigenvalue weighted by molar-refractivity contribution is 0.566. The van der Waals surface area contributed by atoms with Crippen LogP contribution >= 0.6 is 22.9 Å². The molecule has 1 heterocycles. The van der Waals surface area contributed by atoms with Crippen molar-refractivity contribution in [2.45, 2.75) is 24.1 Å².